The van der Waals surface area contributed by atoms with Gasteiger partial charge in [0.15, 0.2) is 0 Å². The molecule has 0 bridgehead atoms. The van der Waals surface area contributed by atoms with Gasteiger partial charge in [0.1, 0.15) is 5.82 Å². The Morgan fingerprint density at radius 1 is 1.44 bits per heavy atom. The molecule has 4 heteroatoms. The van der Waals surface area contributed by atoms with Crippen LogP contribution in [0.25, 0.3) is 0 Å². The summed E-state index contributed by atoms with van der Waals surface area (Å²) in [7, 11) is 0. The summed E-state index contributed by atoms with van der Waals surface area (Å²) in [6.45, 7) is 4.23. The maximum absolute atomic E-state index is 12.9. The van der Waals surface area contributed by atoms with Gasteiger partial charge in [0, 0.05) is 5.02 Å². The van der Waals surface area contributed by atoms with Gasteiger partial charge in [-0.1, -0.05) is 24.6 Å². The number of benzene rings is 1. The van der Waals surface area contributed by atoms with Gasteiger partial charge in [-0.05, 0) is 49.0 Å². The number of rotatable bonds is 1. The highest BCUT2D eigenvalue weighted by atomic mass is 35.5. The average molecular weight is 264 g/mol. The molecule has 16 heavy (non-hydrogen) atoms. The van der Waals surface area contributed by atoms with E-state index in [-0.39, 0.29) is 18.2 Å². The lowest BCUT2D eigenvalue weighted by Crippen LogP contribution is -2.33. The number of hydrogen-bond donors (Lipinski definition) is 1. The first-order valence-corrected chi connectivity index (χ1v) is 5.72. The molecule has 1 N–H and O–H groups in total. The summed E-state index contributed by atoms with van der Waals surface area (Å²) in [5.74, 6) is 0.756. The van der Waals surface area contributed by atoms with E-state index in [1.807, 2.05) is 6.07 Å². The van der Waals surface area contributed by atoms with Crippen LogP contribution in [0, 0.1) is 11.7 Å². The average Bonchev–Trinajstić information content (AvgIpc) is 2.20. The molecule has 1 heterocycles. The molecule has 1 aromatic rings. The summed E-state index contributed by atoms with van der Waals surface area (Å²) in [6.07, 6.45) is 1.08. The lowest BCUT2D eigenvalue weighted by atomic mass is 9.82. The molecule has 0 radical (unpaired) electrons. The fourth-order valence-corrected chi connectivity index (χ4v) is 2.59. The maximum Gasteiger partial charge on any atom is 0.124 e. The van der Waals surface area contributed by atoms with Crippen LogP contribution >= 0.6 is 24.0 Å². The second-order valence-corrected chi connectivity index (χ2v) is 4.65. The zero-order chi connectivity index (χ0) is 10.8. The van der Waals surface area contributed by atoms with E-state index in [4.69, 9.17) is 11.6 Å². The SMILES string of the molecule is C[C@H]1CNCC[C@H]1c1ccc(F)cc1Cl.Cl. The molecule has 0 aliphatic carbocycles. The highest BCUT2D eigenvalue weighted by Crippen LogP contribution is 2.34. The van der Waals surface area contributed by atoms with Crippen LogP contribution in [-0.2, 0) is 0 Å². The number of hydrogen-bond acceptors (Lipinski definition) is 1. The summed E-state index contributed by atoms with van der Waals surface area (Å²) in [6, 6.07) is 4.73. The second kappa shape index (κ2) is 5.85. The van der Waals surface area contributed by atoms with Crippen molar-refractivity contribution in [3.8, 4) is 0 Å². The molecule has 90 valence electrons. The lowest BCUT2D eigenvalue weighted by Gasteiger charge is -2.30. The van der Waals surface area contributed by atoms with Crippen molar-refractivity contribution in [2.75, 3.05) is 13.1 Å². The smallest absolute Gasteiger partial charge is 0.124 e. The van der Waals surface area contributed by atoms with Crippen molar-refractivity contribution in [2.24, 2.45) is 5.92 Å². The van der Waals surface area contributed by atoms with E-state index in [1.165, 1.54) is 12.1 Å². The molecule has 0 spiro atoms. The van der Waals surface area contributed by atoms with Crippen LogP contribution < -0.4 is 5.32 Å². The maximum atomic E-state index is 12.9. The van der Waals surface area contributed by atoms with Gasteiger partial charge in [-0.15, -0.1) is 12.4 Å². The van der Waals surface area contributed by atoms with Gasteiger partial charge in [-0.3, -0.25) is 0 Å². The van der Waals surface area contributed by atoms with Crippen molar-refractivity contribution in [1.82, 2.24) is 5.32 Å². The van der Waals surface area contributed by atoms with E-state index in [1.54, 1.807) is 0 Å². The van der Waals surface area contributed by atoms with E-state index in [9.17, 15) is 4.39 Å². The van der Waals surface area contributed by atoms with Crippen LogP contribution in [0.15, 0.2) is 18.2 Å². The molecule has 0 amide bonds. The molecular formula is C12H16Cl2FN. The summed E-state index contributed by atoms with van der Waals surface area (Å²) < 4.78 is 12.9. The third kappa shape index (κ3) is 2.88. The molecule has 1 aliphatic heterocycles. The Balaban J connectivity index is 0.00000128. The van der Waals surface area contributed by atoms with Crippen molar-refractivity contribution >= 4 is 24.0 Å². The van der Waals surface area contributed by atoms with Crippen LogP contribution in [0.3, 0.4) is 0 Å². The van der Waals surface area contributed by atoms with Gasteiger partial charge in [0.25, 0.3) is 0 Å². The zero-order valence-electron chi connectivity index (χ0n) is 9.17. The van der Waals surface area contributed by atoms with Crippen LogP contribution in [0.1, 0.15) is 24.8 Å². The second-order valence-electron chi connectivity index (χ2n) is 4.24. The number of piperidine rings is 1. The summed E-state index contributed by atoms with van der Waals surface area (Å²) in [4.78, 5) is 0. The van der Waals surface area contributed by atoms with Crippen molar-refractivity contribution in [2.45, 2.75) is 19.3 Å². The van der Waals surface area contributed by atoms with Gasteiger partial charge in [-0.25, -0.2) is 4.39 Å². The lowest BCUT2D eigenvalue weighted by molar-refractivity contribution is 0.349. The molecule has 2 atom stereocenters. The Morgan fingerprint density at radius 2 is 2.19 bits per heavy atom. The van der Waals surface area contributed by atoms with E-state index in [0.717, 1.165) is 25.1 Å². The molecule has 0 unspecified atom stereocenters. The van der Waals surface area contributed by atoms with Crippen molar-refractivity contribution in [1.29, 1.82) is 0 Å². The van der Waals surface area contributed by atoms with Gasteiger partial charge in [0.05, 0.1) is 0 Å². The predicted octanol–water partition coefficient (Wildman–Crippen LogP) is 3.61. The fourth-order valence-electron chi connectivity index (χ4n) is 2.28. The molecule has 1 saturated heterocycles. The van der Waals surface area contributed by atoms with Gasteiger partial charge in [-0.2, -0.15) is 0 Å². The predicted molar refractivity (Wildman–Crippen MR) is 68.0 cm³/mol. The molecular weight excluding hydrogens is 248 g/mol. The Labute approximate surface area is 107 Å². The highest BCUT2D eigenvalue weighted by molar-refractivity contribution is 6.31. The number of halogens is 3. The fraction of sp³-hybridized carbons (Fsp3) is 0.500. The minimum Gasteiger partial charge on any atom is -0.316 e. The molecule has 1 aromatic carbocycles. The molecule has 2 rings (SSSR count). The molecule has 0 saturated carbocycles. The van der Waals surface area contributed by atoms with Crippen molar-refractivity contribution in [3.05, 3.63) is 34.6 Å². The monoisotopic (exact) mass is 263 g/mol. The van der Waals surface area contributed by atoms with Crippen LogP contribution in [0.4, 0.5) is 4.39 Å². The third-order valence-corrected chi connectivity index (χ3v) is 3.47. The first-order valence-electron chi connectivity index (χ1n) is 5.34. The first kappa shape index (κ1) is 13.8. The van der Waals surface area contributed by atoms with E-state index in [2.05, 4.69) is 12.2 Å². The molecule has 1 aliphatic rings. The van der Waals surface area contributed by atoms with Crippen molar-refractivity contribution < 1.29 is 4.39 Å². The standard InChI is InChI=1S/C12H15ClFN.ClH/c1-8-7-15-5-4-10(8)11-3-2-9(14)6-12(11)13;/h2-3,6,8,10,15H,4-5,7H2,1H3;1H/t8-,10+;/m0./s1. The van der Waals surface area contributed by atoms with Crippen molar-refractivity contribution in [3.63, 3.8) is 0 Å². The van der Waals surface area contributed by atoms with E-state index >= 15 is 0 Å². The van der Waals surface area contributed by atoms with Gasteiger partial charge < -0.3 is 5.32 Å². The van der Waals surface area contributed by atoms with Gasteiger partial charge >= 0.3 is 0 Å². The third-order valence-electron chi connectivity index (χ3n) is 3.15. The Hall–Kier alpha value is -0.310. The van der Waals surface area contributed by atoms with Crippen LogP contribution in [0.2, 0.25) is 5.02 Å². The first-order chi connectivity index (χ1) is 7.18. The van der Waals surface area contributed by atoms with Gasteiger partial charge in [0.2, 0.25) is 0 Å². The quantitative estimate of drug-likeness (QED) is 0.817. The van der Waals surface area contributed by atoms with E-state index in [0.29, 0.717) is 16.9 Å². The van der Waals surface area contributed by atoms with E-state index < -0.39 is 0 Å². The zero-order valence-corrected chi connectivity index (χ0v) is 10.7. The summed E-state index contributed by atoms with van der Waals surface area (Å²) in [5.41, 5.74) is 1.09. The minimum atomic E-state index is -0.259. The Morgan fingerprint density at radius 3 is 2.81 bits per heavy atom. The summed E-state index contributed by atoms with van der Waals surface area (Å²) >= 11 is 6.07. The number of nitrogens with one attached hydrogen (secondary N) is 1. The Bertz CT molecular complexity index is 357. The van der Waals surface area contributed by atoms with Crippen LogP contribution in [-0.4, -0.2) is 13.1 Å². The largest absolute Gasteiger partial charge is 0.316 e. The van der Waals surface area contributed by atoms with Crippen LogP contribution in [0.5, 0.6) is 0 Å². The normalized spacial score (nSPS) is 24.9. The topological polar surface area (TPSA) is 12.0 Å². The minimum absolute atomic E-state index is 0. The Kier molecular flexibility index (Phi) is 5.03. The summed E-state index contributed by atoms with van der Waals surface area (Å²) in [5, 5.41) is 3.91. The molecule has 0 aromatic heterocycles. The molecule has 1 fully saturated rings. The highest BCUT2D eigenvalue weighted by Gasteiger charge is 2.24. The molecule has 1 nitrogen and oxygen atoms in total.